The molecule has 17 heavy (non-hydrogen) atoms. The molecule has 0 spiro atoms. The summed E-state index contributed by atoms with van der Waals surface area (Å²) in [7, 11) is 0. The van der Waals surface area contributed by atoms with E-state index in [9.17, 15) is 4.79 Å². The molecule has 92 valence electrons. The summed E-state index contributed by atoms with van der Waals surface area (Å²) in [6.45, 7) is 6.76. The van der Waals surface area contributed by atoms with Crippen LogP contribution in [-0.2, 0) is 10.2 Å². The third-order valence-electron chi connectivity index (χ3n) is 3.34. The highest BCUT2D eigenvalue weighted by atomic mass is 16.1. The van der Waals surface area contributed by atoms with Crippen molar-refractivity contribution < 1.29 is 4.79 Å². The van der Waals surface area contributed by atoms with Crippen LogP contribution in [-0.4, -0.2) is 6.08 Å². The molecule has 0 saturated carbocycles. The van der Waals surface area contributed by atoms with Gasteiger partial charge in [0, 0.05) is 0 Å². The highest BCUT2D eigenvalue weighted by Gasteiger charge is 2.24. The standard InChI is InChI=1S/C15H21NO/c1-4-10-15(3,11-5-2)13-6-8-14(9-7-13)16-12-17/h6-9H,4-5,10-11H2,1-3H3. The number of rotatable bonds is 6. The van der Waals surface area contributed by atoms with Crippen molar-refractivity contribution in [2.45, 2.75) is 51.9 Å². The molecule has 0 radical (unpaired) electrons. The SMILES string of the molecule is CCCC(C)(CCC)c1ccc(N=C=O)cc1. The summed E-state index contributed by atoms with van der Waals surface area (Å²) >= 11 is 0. The molecule has 0 aliphatic carbocycles. The summed E-state index contributed by atoms with van der Waals surface area (Å²) < 4.78 is 0. The molecule has 0 bridgehead atoms. The van der Waals surface area contributed by atoms with Crippen molar-refractivity contribution in [2.24, 2.45) is 4.99 Å². The molecule has 0 fully saturated rings. The zero-order valence-corrected chi connectivity index (χ0v) is 11.0. The van der Waals surface area contributed by atoms with E-state index < -0.39 is 0 Å². The number of hydrogen-bond acceptors (Lipinski definition) is 2. The number of hydrogen-bond donors (Lipinski definition) is 0. The minimum atomic E-state index is 0.243. The number of carbonyl (C=O) groups excluding carboxylic acids is 1. The van der Waals surface area contributed by atoms with Crippen LogP contribution in [0.4, 0.5) is 5.69 Å². The van der Waals surface area contributed by atoms with Crippen molar-refractivity contribution in [2.75, 3.05) is 0 Å². The van der Waals surface area contributed by atoms with Crippen LogP contribution in [0.2, 0.25) is 0 Å². The highest BCUT2D eigenvalue weighted by Crippen LogP contribution is 2.34. The summed E-state index contributed by atoms with van der Waals surface area (Å²) in [5.41, 5.74) is 2.26. The average molecular weight is 231 g/mol. The molecular weight excluding hydrogens is 210 g/mol. The topological polar surface area (TPSA) is 29.4 Å². The van der Waals surface area contributed by atoms with Crippen LogP contribution in [0.15, 0.2) is 29.3 Å². The Morgan fingerprint density at radius 1 is 1.12 bits per heavy atom. The van der Waals surface area contributed by atoms with Gasteiger partial charge in [-0.15, -0.1) is 0 Å². The van der Waals surface area contributed by atoms with Crippen LogP contribution in [0.3, 0.4) is 0 Å². The molecule has 1 aromatic carbocycles. The van der Waals surface area contributed by atoms with Gasteiger partial charge in [-0.2, -0.15) is 4.99 Å². The first kappa shape index (κ1) is 13.7. The van der Waals surface area contributed by atoms with E-state index in [-0.39, 0.29) is 5.41 Å². The molecule has 0 heterocycles. The van der Waals surface area contributed by atoms with Crippen LogP contribution < -0.4 is 0 Å². The number of nitrogens with zero attached hydrogens (tertiary/aromatic N) is 1. The van der Waals surface area contributed by atoms with Gasteiger partial charge in [0.15, 0.2) is 0 Å². The van der Waals surface area contributed by atoms with E-state index in [1.54, 1.807) is 6.08 Å². The van der Waals surface area contributed by atoms with Crippen LogP contribution in [0, 0.1) is 0 Å². The lowest BCUT2D eigenvalue weighted by atomic mass is 9.75. The minimum absolute atomic E-state index is 0.243. The van der Waals surface area contributed by atoms with Gasteiger partial charge in [0.1, 0.15) is 0 Å². The van der Waals surface area contributed by atoms with E-state index >= 15 is 0 Å². The van der Waals surface area contributed by atoms with Gasteiger partial charge in [-0.3, -0.25) is 0 Å². The van der Waals surface area contributed by atoms with Crippen molar-refractivity contribution in [1.82, 2.24) is 0 Å². The molecule has 1 rings (SSSR count). The smallest absolute Gasteiger partial charge is 0.211 e. The quantitative estimate of drug-likeness (QED) is 0.523. The van der Waals surface area contributed by atoms with Gasteiger partial charge >= 0.3 is 0 Å². The van der Waals surface area contributed by atoms with Crippen LogP contribution >= 0.6 is 0 Å². The molecule has 1 aromatic rings. The van der Waals surface area contributed by atoms with Gasteiger partial charge in [-0.25, -0.2) is 4.79 Å². The number of benzene rings is 1. The molecule has 0 amide bonds. The van der Waals surface area contributed by atoms with E-state index in [2.05, 4.69) is 37.9 Å². The summed E-state index contributed by atoms with van der Waals surface area (Å²) in [6.07, 6.45) is 6.32. The van der Waals surface area contributed by atoms with E-state index in [4.69, 9.17) is 0 Å². The normalized spacial score (nSPS) is 11.0. The largest absolute Gasteiger partial charge is 0.240 e. The maximum absolute atomic E-state index is 10.2. The van der Waals surface area contributed by atoms with Crippen molar-refractivity contribution in [3.63, 3.8) is 0 Å². The molecule has 0 unspecified atom stereocenters. The second-order valence-electron chi connectivity index (χ2n) is 4.81. The lowest BCUT2D eigenvalue weighted by Gasteiger charge is -2.29. The third kappa shape index (κ3) is 3.54. The fraction of sp³-hybridized carbons (Fsp3) is 0.533. The van der Waals surface area contributed by atoms with Crippen molar-refractivity contribution in [3.05, 3.63) is 29.8 Å². The number of isocyanates is 1. The average Bonchev–Trinajstić information content (AvgIpc) is 2.31. The monoisotopic (exact) mass is 231 g/mol. The summed E-state index contributed by atoms with van der Waals surface area (Å²) in [5, 5.41) is 0. The van der Waals surface area contributed by atoms with Crippen molar-refractivity contribution in [3.8, 4) is 0 Å². The first-order chi connectivity index (χ1) is 8.16. The maximum Gasteiger partial charge on any atom is 0.240 e. The Bertz CT molecular complexity index is 382. The molecular formula is C15H21NO. The molecule has 0 aliphatic rings. The summed E-state index contributed by atoms with van der Waals surface area (Å²) in [4.78, 5) is 13.8. The fourth-order valence-corrected chi connectivity index (χ4v) is 2.51. The van der Waals surface area contributed by atoms with Gasteiger partial charge < -0.3 is 0 Å². The summed E-state index contributed by atoms with van der Waals surface area (Å²) in [5.74, 6) is 0. The molecule has 2 heteroatoms. The Balaban J connectivity index is 2.98. The zero-order chi connectivity index (χ0) is 12.7. The number of aliphatic imine (C=N–C) groups is 1. The summed E-state index contributed by atoms with van der Waals surface area (Å²) in [6, 6.07) is 7.95. The van der Waals surface area contributed by atoms with Crippen LogP contribution in [0.5, 0.6) is 0 Å². The zero-order valence-electron chi connectivity index (χ0n) is 11.0. The van der Waals surface area contributed by atoms with Gasteiger partial charge in [0.05, 0.1) is 5.69 Å². The molecule has 0 aliphatic heterocycles. The predicted molar refractivity (Wildman–Crippen MR) is 71.4 cm³/mol. The molecule has 0 atom stereocenters. The lowest BCUT2D eigenvalue weighted by Crippen LogP contribution is -2.21. The first-order valence-electron chi connectivity index (χ1n) is 6.34. The van der Waals surface area contributed by atoms with Gasteiger partial charge in [0.25, 0.3) is 0 Å². The van der Waals surface area contributed by atoms with E-state index in [1.807, 2.05) is 12.1 Å². The Kier molecular flexibility index (Phi) is 5.11. The van der Waals surface area contributed by atoms with E-state index in [1.165, 1.54) is 31.2 Å². The van der Waals surface area contributed by atoms with Gasteiger partial charge in [0.2, 0.25) is 6.08 Å². The molecule has 0 saturated heterocycles. The first-order valence-corrected chi connectivity index (χ1v) is 6.34. The minimum Gasteiger partial charge on any atom is -0.211 e. The van der Waals surface area contributed by atoms with Gasteiger partial charge in [-0.05, 0) is 36.0 Å². The Morgan fingerprint density at radius 2 is 1.65 bits per heavy atom. The van der Waals surface area contributed by atoms with Crippen LogP contribution in [0.1, 0.15) is 52.0 Å². The Labute approximate surface area is 104 Å². The second-order valence-corrected chi connectivity index (χ2v) is 4.81. The molecule has 0 aromatic heterocycles. The predicted octanol–water partition coefficient (Wildman–Crippen LogP) is 4.51. The fourth-order valence-electron chi connectivity index (χ4n) is 2.51. The third-order valence-corrected chi connectivity index (χ3v) is 3.34. The van der Waals surface area contributed by atoms with E-state index in [0.29, 0.717) is 5.69 Å². The van der Waals surface area contributed by atoms with Crippen molar-refractivity contribution >= 4 is 11.8 Å². The highest BCUT2D eigenvalue weighted by molar-refractivity contribution is 5.49. The Hall–Kier alpha value is -1.40. The van der Waals surface area contributed by atoms with E-state index in [0.717, 1.165) is 0 Å². The maximum atomic E-state index is 10.2. The van der Waals surface area contributed by atoms with Gasteiger partial charge in [-0.1, -0.05) is 45.7 Å². The Morgan fingerprint density at radius 3 is 2.06 bits per heavy atom. The molecule has 2 nitrogen and oxygen atoms in total. The van der Waals surface area contributed by atoms with Crippen molar-refractivity contribution in [1.29, 1.82) is 0 Å². The second kappa shape index (κ2) is 6.36. The molecule has 0 N–H and O–H groups in total. The lowest BCUT2D eigenvalue weighted by molar-refractivity contribution is 0.392. The van der Waals surface area contributed by atoms with Crippen LogP contribution in [0.25, 0.3) is 0 Å².